The largest absolute Gasteiger partial charge is 0.321 e. The fourth-order valence-electron chi connectivity index (χ4n) is 3.59. The van der Waals surface area contributed by atoms with Gasteiger partial charge in [0.15, 0.2) is 17.1 Å². The third-order valence-electron chi connectivity index (χ3n) is 5.05. The molecule has 0 saturated heterocycles. The fraction of sp³-hybridized carbons (Fsp3) is 0. The van der Waals surface area contributed by atoms with Crippen molar-refractivity contribution in [3.8, 4) is 33.9 Å². The van der Waals surface area contributed by atoms with Crippen molar-refractivity contribution >= 4 is 22.2 Å². The number of imidazole rings is 1. The molecule has 0 aliphatic carbocycles. The Bertz CT molecular complexity index is 1550. The van der Waals surface area contributed by atoms with Gasteiger partial charge >= 0.3 is 0 Å². The smallest absolute Gasteiger partial charge is 0.161 e. The minimum atomic E-state index is -0.317. The molecular formula is C22H13FN8. The lowest BCUT2D eigenvalue weighted by Gasteiger charge is -2.03. The van der Waals surface area contributed by atoms with E-state index in [1.54, 1.807) is 55.2 Å². The van der Waals surface area contributed by atoms with Crippen LogP contribution in [0.1, 0.15) is 0 Å². The zero-order valence-electron chi connectivity index (χ0n) is 15.9. The molecule has 0 aliphatic heterocycles. The zero-order chi connectivity index (χ0) is 20.8. The van der Waals surface area contributed by atoms with Crippen molar-refractivity contribution in [3.63, 3.8) is 0 Å². The standard InChI is InChI=1S/C22H13FN8/c23-16-4-2-1-3-13(16)14-5-6-26-21-18(14)28-22(29-21)19-15-9-12(10-27-20(15)31-30-19)17-11-24-7-8-25-17/h1-11H,(H,26,28,29)(H,27,30,31). The third-order valence-corrected chi connectivity index (χ3v) is 5.05. The van der Waals surface area contributed by atoms with Gasteiger partial charge in [-0.3, -0.25) is 15.1 Å². The molecule has 0 amide bonds. The Morgan fingerprint density at radius 2 is 1.77 bits per heavy atom. The van der Waals surface area contributed by atoms with E-state index in [-0.39, 0.29) is 5.82 Å². The molecule has 1 aromatic carbocycles. The van der Waals surface area contributed by atoms with Gasteiger partial charge in [0.1, 0.15) is 17.0 Å². The number of H-pyrrole nitrogens is 2. The second-order valence-corrected chi connectivity index (χ2v) is 6.90. The van der Waals surface area contributed by atoms with Crippen LogP contribution in [-0.4, -0.2) is 40.1 Å². The van der Waals surface area contributed by atoms with E-state index in [1.165, 1.54) is 6.07 Å². The molecule has 0 unspecified atom stereocenters. The van der Waals surface area contributed by atoms with Crippen LogP contribution in [0.3, 0.4) is 0 Å². The third kappa shape index (κ3) is 2.83. The van der Waals surface area contributed by atoms with Gasteiger partial charge in [0.2, 0.25) is 0 Å². The predicted octanol–water partition coefficient (Wildman–Crippen LogP) is 4.16. The molecule has 0 spiro atoms. The summed E-state index contributed by atoms with van der Waals surface area (Å²) in [5.41, 5.74) is 4.95. The van der Waals surface area contributed by atoms with Crippen molar-refractivity contribution in [2.24, 2.45) is 0 Å². The van der Waals surface area contributed by atoms with Crippen LogP contribution in [0.4, 0.5) is 4.39 Å². The highest BCUT2D eigenvalue weighted by atomic mass is 19.1. The number of hydrogen-bond donors (Lipinski definition) is 2. The highest BCUT2D eigenvalue weighted by Crippen LogP contribution is 2.32. The molecule has 5 heterocycles. The van der Waals surface area contributed by atoms with Crippen molar-refractivity contribution in [3.05, 3.63) is 73.2 Å². The number of hydrogen-bond acceptors (Lipinski definition) is 6. The van der Waals surface area contributed by atoms with Crippen molar-refractivity contribution < 1.29 is 4.39 Å². The van der Waals surface area contributed by atoms with Crippen molar-refractivity contribution in [1.29, 1.82) is 0 Å². The summed E-state index contributed by atoms with van der Waals surface area (Å²) in [5, 5.41) is 8.10. The average Bonchev–Trinajstić information content (AvgIpc) is 3.43. The number of fused-ring (bicyclic) bond motifs is 2. The van der Waals surface area contributed by atoms with Crippen LogP contribution in [0.15, 0.2) is 67.4 Å². The number of aromatic amines is 2. The predicted molar refractivity (Wildman–Crippen MR) is 113 cm³/mol. The number of nitrogens with one attached hydrogen (secondary N) is 2. The number of halogens is 1. The maximum Gasteiger partial charge on any atom is 0.161 e. The van der Waals surface area contributed by atoms with Crippen LogP contribution < -0.4 is 0 Å². The molecule has 0 atom stereocenters. The Morgan fingerprint density at radius 1 is 0.839 bits per heavy atom. The Balaban J connectivity index is 1.53. The molecule has 8 nitrogen and oxygen atoms in total. The van der Waals surface area contributed by atoms with Crippen LogP contribution in [0.2, 0.25) is 0 Å². The van der Waals surface area contributed by atoms with Crippen LogP contribution in [0.5, 0.6) is 0 Å². The normalized spacial score (nSPS) is 11.4. The summed E-state index contributed by atoms with van der Waals surface area (Å²) in [7, 11) is 0. The van der Waals surface area contributed by atoms with E-state index in [1.807, 2.05) is 6.07 Å². The first-order valence-corrected chi connectivity index (χ1v) is 9.48. The van der Waals surface area contributed by atoms with E-state index in [0.29, 0.717) is 45.2 Å². The molecule has 31 heavy (non-hydrogen) atoms. The van der Waals surface area contributed by atoms with Crippen LogP contribution in [-0.2, 0) is 0 Å². The molecule has 0 saturated carbocycles. The van der Waals surface area contributed by atoms with Crippen molar-refractivity contribution in [1.82, 2.24) is 40.1 Å². The Labute approximate surface area is 174 Å². The fourth-order valence-corrected chi connectivity index (χ4v) is 3.59. The number of benzene rings is 1. The van der Waals surface area contributed by atoms with E-state index in [9.17, 15) is 4.39 Å². The quantitative estimate of drug-likeness (QED) is 0.455. The lowest BCUT2D eigenvalue weighted by molar-refractivity contribution is 0.631. The van der Waals surface area contributed by atoms with Gasteiger partial charge in [-0.25, -0.2) is 19.3 Å². The average molecular weight is 408 g/mol. The molecule has 2 N–H and O–H groups in total. The van der Waals surface area contributed by atoms with Crippen LogP contribution >= 0.6 is 0 Å². The molecule has 0 aliphatic rings. The van der Waals surface area contributed by atoms with Gasteiger partial charge in [-0.2, -0.15) is 5.10 Å². The van der Waals surface area contributed by atoms with Crippen LogP contribution in [0, 0.1) is 5.82 Å². The zero-order valence-corrected chi connectivity index (χ0v) is 15.9. The van der Waals surface area contributed by atoms with E-state index >= 15 is 0 Å². The lowest BCUT2D eigenvalue weighted by atomic mass is 10.1. The second kappa shape index (κ2) is 6.77. The van der Waals surface area contributed by atoms with Gasteiger partial charge in [-0.1, -0.05) is 18.2 Å². The van der Waals surface area contributed by atoms with E-state index < -0.39 is 0 Å². The Morgan fingerprint density at radius 3 is 2.65 bits per heavy atom. The SMILES string of the molecule is Fc1ccccc1-c1ccnc2[nH]c(-c3n[nH]c4ncc(-c5cnccn5)cc34)nc12. The first-order chi connectivity index (χ1) is 15.3. The van der Waals surface area contributed by atoms with Crippen molar-refractivity contribution in [2.45, 2.75) is 0 Å². The summed E-state index contributed by atoms with van der Waals surface area (Å²) in [6.45, 7) is 0. The summed E-state index contributed by atoms with van der Waals surface area (Å²) >= 11 is 0. The topological polar surface area (TPSA) is 109 Å². The van der Waals surface area contributed by atoms with Gasteiger partial charge in [-0.05, 0) is 18.2 Å². The summed E-state index contributed by atoms with van der Waals surface area (Å²) in [5.74, 6) is 0.193. The Kier molecular flexibility index (Phi) is 3.79. The van der Waals surface area contributed by atoms with E-state index in [2.05, 4.69) is 35.1 Å². The summed E-state index contributed by atoms with van der Waals surface area (Å²) in [4.78, 5) is 25.1. The molecule has 6 rings (SSSR count). The first-order valence-electron chi connectivity index (χ1n) is 9.48. The summed E-state index contributed by atoms with van der Waals surface area (Å²) < 4.78 is 14.4. The number of aromatic nitrogens is 8. The van der Waals surface area contributed by atoms with Gasteiger partial charge in [0.05, 0.1) is 17.3 Å². The molecule has 0 fully saturated rings. The summed E-state index contributed by atoms with van der Waals surface area (Å²) in [6, 6.07) is 10.3. The number of nitrogens with zero attached hydrogens (tertiary/aromatic N) is 6. The Hall–Kier alpha value is -4.53. The van der Waals surface area contributed by atoms with Gasteiger partial charge in [0, 0.05) is 41.5 Å². The highest BCUT2D eigenvalue weighted by molar-refractivity contribution is 5.95. The number of pyridine rings is 2. The van der Waals surface area contributed by atoms with Crippen LogP contribution in [0.25, 0.3) is 56.1 Å². The summed E-state index contributed by atoms with van der Waals surface area (Å²) in [6.07, 6.45) is 8.26. The molecule has 0 bridgehead atoms. The van der Waals surface area contributed by atoms with Gasteiger partial charge < -0.3 is 4.98 Å². The second-order valence-electron chi connectivity index (χ2n) is 6.90. The maximum absolute atomic E-state index is 14.4. The van der Waals surface area contributed by atoms with E-state index in [4.69, 9.17) is 4.98 Å². The van der Waals surface area contributed by atoms with Gasteiger partial charge in [-0.15, -0.1) is 0 Å². The lowest BCUT2D eigenvalue weighted by Crippen LogP contribution is -1.87. The molecule has 148 valence electrons. The molecule has 5 aromatic heterocycles. The first kappa shape index (κ1) is 17.3. The molecule has 0 radical (unpaired) electrons. The molecule has 9 heteroatoms. The minimum Gasteiger partial charge on any atom is -0.321 e. The van der Waals surface area contributed by atoms with Gasteiger partial charge in [0.25, 0.3) is 0 Å². The van der Waals surface area contributed by atoms with E-state index in [0.717, 1.165) is 10.9 Å². The number of rotatable bonds is 3. The van der Waals surface area contributed by atoms with Crippen molar-refractivity contribution in [2.75, 3.05) is 0 Å². The molecular weight excluding hydrogens is 395 g/mol. The molecule has 6 aromatic rings. The minimum absolute atomic E-state index is 0.317. The highest BCUT2D eigenvalue weighted by Gasteiger charge is 2.18. The monoisotopic (exact) mass is 408 g/mol. The maximum atomic E-state index is 14.4.